The van der Waals surface area contributed by atoms with Crippen molar-refractivity contribution in [1.82, 2.24) is 0 Å². The largest absolute Gasteiger partial charge is 0.508 e. The van der Waals surface area contributed by atoms with Crippen LogP contribution in [0.15, 0.2) is 48.5 Å². The van der Waals surface area contributed by atoms with E-state index in [9.17, 15) is 14.7 Å². The second-order valence-electron chi connectivity index (χ2n) is 5.92. The summed E-state index contributed by atoms with van der Waals surface area (Å²) in [5.74, 6) is 0.549. The van der Waals surface area contributed by atoms with Crippen molar-refractivity contribution >= 4 is 17.6 Å². The van der Waals surface area contributed by atoms with E-state index in [1.54, 1.807) is 53.4 Å². The Morgan fingerprint density at radius 3 is 2.48 bits per heavy atom. The second-order valence-corrected chi connectivity index (χ2v) is 5.92. The van der Waals surface area contributed by atoms with Crippen LogP contribution in [0.4, 0.5) is 5.69 Å². The lowest BCUT2D eigenvalue weighted by Crippen LogP contribution is -2.25. The molecule has 0 bridgehead atoms. The molecule has 1 aliphatic rings. The Morgan fingerprint density at radius 2 is 1.84 bits per heavy atom. The van der Waals surface area contributed by atoms with E-state index in [1.807, 2.05) is 0 Å². The van der Waals surface area contributed by atoms with Crippen LogP contribution >= 0.6 is 0 Å². The van der Waals surface area contributed by atoms with Crippen LogP contribution in [0.2, 0.25) is 0 Å². The van der Waals surface area contributed by atoms with Crippen molar-refractivity contribution < 1.29 is 24.2 Å². The summed E-state index contributed by atoms with van der Waals surface area (Å²) in [6.07, 6.45) is 0.418. The first-order chi connectivity index (χ1) is 12.1. The number of phenolic OH excluding ortho intramolecular Hbond substituents is 1. The van der Waals surface area contributed by atoms with Crippen LogP contribution in [-0.2, 0) is 9.53 Å². The normalized spacial score (nSPS) is 16.8. The van der Waals surface area contributed by atoms with Crippen molar-refractivity contribution in [1.29, 1.82) is 0 Å². The van der Waals surface area contributed by atoms with Gasteiger partial charge < -0.3 is 19.5 Å². The van der Waals surface area contributed by atoms with Gasteiger partial charge in [0.15, 0.2) is 0 Å². The Bertz CT molecular complexity index is 754. The van der Waals surface area contributed by atoms with E-state index in [-0.39, 0.29) is 17.6 Å². The number of carbonyl (C=O) groups is 2. The molecule has 3 rings (SSSR count). The van der Waals surface area contributed by atoms with Gasteiger partial charge in [-0.05, 0) is 48.5 Å². The Kier molecular flexibility index (Phi) is 4.88. The molecule has 0 aromatic heterocycles. The summed E-state index contributed by atoms with van der Waals surface area (Å²) in [6, 6.07) is 13.3. The minimum absolute atomic E-state index is 0.0420. The first-order valence-electron chi connectivity index (χ1n) is 7.97. The van der Waals surface area contributed by atoms with Gasteiger partial charge in [0.05, 0.1) is 19.3 Å². The highest BCUT2D eigenvalue weighted by Crippen LogP contribution is 2.27. The molecule has 0 spiro atoms. The average Bonchev–Trinajstić information content (AvgIpc) is 3.01. The number of amides is 1. The summed E-state index contributed by atoms with van der Waals surface area (Å²) in [4.78, 5) is 25.3. The van der Waals surface area contributed by atoms with E-state index >= 15 is 0 Å². The first kappa shape index (κ1) is 16.8. The van der Waals surface area contributed by atoms with E-state index in [2.05, 4.69) is 4.74 Å². The number of ether oxygens (including phenoxy) is 2. The lowest BCUT2D eigenvalue weighted by atomic mass is 10.1. The van der Waals surface area contributed by atoms with Crippen LogP contribution < -0.4 is 9.64 Å². The summed E-state index contributed by atoms with van der Waals surface area (Å²) in [5, 5.41) is 9.34. The summed E-state index contributed by atoms with van der Waals surface area (Å²) >= 11 is 0. The van der Waals surface area contributed by atoms with Gasteiger partial charge in [-0.25, -0.2) is 4.79 Å². The fourth-order valence-corrected chi connectivity index (χ4v) is 2.79. The zero-order valence-corrected chi connectivity index (χ0v) is 13.8. The number of benzene rings is 2. The van der Waals surface area contributed by atoms with Crippen LogP contribution in [0.3, 0.4) is 0 Å². The van der Waals surface area contributed by atoms with Gasteiger partial charge in [-0.3, -0.25) is 4.79 Å². The van der Waals surface area contributed by atoms with Gasteiger partial charge in [0.25, 0.3) is 0 Å². The minimum atomic E-state index is -0.391. The summed E-state index contributed by atoms with van der Waals surface area (Å²) in [6.45, 7) is 0.988. The molecule has 1 fully saturated rings. The molecule has 1 heterocycles. The van der Waals surface area contributed by atoms with Crippen LogP contribution in [-0.4, -0.2) is 37.2 Å². The molecule has 1 unspecified atom stereocenters. The van der Waals surface area contributed by atoms with Crippen molar-refractivity contribution in [2.75, 3.05) is 25.2 Å². The van der Waals surface area contributed by atoms with Gasteiger partial charge in [-0.2, -0.15) is 0 Å². The van der Waals surface area contributed by atoms with Gasteiger partial charge in [0.2, 0.25) is 5.91 Å². The molecule has 25 heavy (non-hydrogen) atoms. The van der Waals surface area contributed by atoms with Crippen molar-refractivity contribution in [3.63, 3.8) is 0 Å². The molecule has 0 radical (unpaired) electrons. The Morgan fingerprint density at radius 1 is 1.16 bits per heavy atom. The maximum absolute atomic E-state index is 12.2. The van der Waals surface area contributed by atoms with Crippen LogP contribution in [0.25, 0.3) is 0 Å². The lowest BCUT2D eigenvalue weighted by Gasteiger charge is -2.17. The number of hydrogen-bond acceptors (Lipinski definition) is 5. The number of rotatable bonds is 5. The zero-order valence-electron chi connectivity index (χ0n) is 13.8. The van der Waals surface area contributed by atoms with Gasteiger partial charge >= 0.3 is 5.97 Å². The molecule has 6 heteroatoms. The SMILES string of the molecule is COC(=O)c1ccc(OCC2CC(=O)N(c3ccc(O)cc3)C2)cc1. The topological polar surface area (TPSA) is 76.1 Å². The van der Waals surface area contributed by atoms with Crippen molar-refractivity contribution in [3.05, 3.63) is 54.1 Å². The maximum atomic E-state index is 12.2. The Hall–Kier alpha value is -3.02. The molecule has 0 saturated carbocycles. The van der Waals surface area contributed by atoms with Crippen molar-refractivity contribution in [3.8, 4) is 11.5 Å². The van der Waals surface area contributed by atoms with E-state index < -0.39 is 5.97 Å². The molecule has 130 valence electrons. The van der Waals surface area contributed by atoms with E-state index in [1.165, 1.54) is 7.11 Å². The zero-order chi connectivity index (χ0) is 17.8. The highest BCUT2D eigenvalue weighted by Gasteiger charge is 2.31. The van der Waals surface area contributed by atoms with Crippen molar-refractivity contribution in [2.24, 2.45) is 5.92 Å². The van der Waals surface area contributed by atoms with Gasteiger partial charge in [-0.15, -0.1) is 0 Å². The molecule has 1 saturated heterocycles. The molecule has 2 aromatic carbocycles. The van der Waals surface area contributed by atoms with Crippen LogP contribution in [0.1, 0.15) is 16.8 Å². The molecule has 0 aliphatic carbocycles. The molecule has 2 aromatic rings. The van der Waals surface area contributed by atoms with Crippen molar-refractivity contribution in [2.45, 2.75) is 6.42 Å². The molecule has 1 aliphatic heterocycles. The molecule has 1 N–H and O–H groups in total. The van der Waals surface area contributed by atoms with Crippen LogP contribution in [0.5, 0.6) is 11.5 Å². The first-order valence-corrected chi connectivity index (χ1v) is 7.97. The van der Waals surface area contributed by atoms with Gasteiger partial charge in [0, 0.05) is 24.6 Å². The van der Waals surface area contributed by atoms with Gasteiger partial charge in [-0.1, -0.05) is 0 Å². The lowest BCUT2D eigenvalue weighted by molar-refractivity contribution is -0.117. The highest BCUT2D eigenvalue weighted by atomic mass is 16.5. The Balaban J connectivity index is 1.56. The number of esters is 1. The molecule has 6 nitrogen and oxygen atoms in total. The quantitative estimate of drug-likeness (QED) is 0.846. The number of carbonyl (C=O) groups excluding carboxylic acids is 2. The van der Waals surface area contributed by atoms with E-state index in [0.29, 0.717) is 30.9 Å². The third kappa shape index (κ3) is 3.91. The fraction of sp³-hybridized carbons (Fsp3) is 0.263. The van der Waals surface area contributed by atoms with Gasteiger partial charge in [0.1, 0.15) is 11.5 Å². The molecule has 1 atom stereocenters. The molecular formula is C19H19NO5. The number of aromatic hydroxyl groups is 1. The Labute approximate surface area is 145 Å². The van der Waals surface area contributed by atoms with Crippen LogP contribution in [0, 0.1) is 5.92 Å². The van der Waals surface area contributed by atoms with E-state index in [0.717, 1.165) is 5.69 Å². The second kappa shape index (κ2) is 7.25. The van der Waals surface area contributed by atoms with E-state index in [4.69, 9.17) is 4.74 Å². The predicted molar refractivity (Wildman–Crippen MR) is 91.8 cm³/mol. The summed E-state index contributed by atoms with van der Waals surface area (Å²) < 4.78 is 10.4. The number of phenols is 1. The highest BCUT2D eigenvalue weighted by molar-refractivity contribution is 5.95. The average molecular weight is 341 g/mol. The number of nitrogens with zero attached hydrogens (tertiary/aromatic N) is 1. The smallest absolute Gasteiger partial charge is 0.337 e. The maximum Gasteiger partial charge on any atom is 0.337 e. The molecular weight excluding hydrogens is 322 g/mol. The standard InChI is InChI=1S/C19H19NO5/c1-24-19(23)14-2-8-17(9-3-14)25-12-13-10-18(22)20(11-13)15-4-6-16(21)7-5-15/h2-9,13,21H,10-12H2,1H3. The molecule has 1 amide bonds. The number of anilines is 1. The third-order valence-electron chi connectivity index (χ3n) is 4.13. The third-order valence-corrected chi connectivity index (χ3v) is 4.13. The minimum Gasteiger partial charge on any atom is -0.508 e. The number of hydrogen-bond donors (Lipinski definition) is 1. The number of methoxy groups -OCH3 is 1. The predicted octanol–water partition coefficient (Wildman–Crippen LogP) is 2.61. The summed E-state index contributed by atoms with van der Waals surface area (Å²) in [5.41, 5.74) is 1.23. The monoisotopic (exact) mass is 341 g/mol. The summed E-state index contributed by atoms with van der Waals surface area (Å²) in [7, 11) is 1.34. The fourth-order valence-electron chi connectivity index (χ4n) is 2.79.